The summed E-state index contributed by atoms with van der Waals surface area (Å²) in [4.78, 5) is 3.55. The van der Waals surface area contributed by atoms with Gasteiger partial charge in [0.2, 0.25) is 0 Å². The number of nitrogens with one attached hydrogen (secondary N) is 1. The maximum atomic E-state index is 13.1. The maximum Gasteiger partial charge on any atom is 0.416 e. The van der Waals surface area contributed by atoms with Crippen LogP contribution >= 0.6 is 0 Å². The van der Waals surface area contributed by atoms with Crippen LogP contribution < -0.4 is 14.8 Å². The summed E-state index contributed by atoms with van der Waals surface area (Å²) in [6.07, 6.45) is -4.35. The number of hydrogen-bond donors (Lipinski definition) is 2. The van der Waals surface area contributed by atoms with E-state index in [2.05, 4.69) is 16.4 Å². The van der Waals surface area contributed by atoms with E-state index in [1.165, 1.54) is 0 Å². The van der Waals surface area contributed by atoms with E-state index in [4.69, 9.17) is 9.47 Å². The predicted molar refractivity (Wildman–Crippen MR) is 120 cm³/mol. The van der Waals surface area contributed by atoms with Crippen LogP contribution in [0.3, 0.4) is 0 Å². The van der Waals surface area contributed by atoms with Gasteiger partial charge in [0.1, 0.15) is 0 Å². The van der Waals surface area contributed by atoms with Gasteiger partial charge in [-0.3, -0.25) is 0 Å². The van der Waals surface area contributed by atoms with Gasteiger partial charge in [0.25, 0.3) is 0 Å². The number of nitrogens with two attached hydrogens (primary N) is 1. The first-order chi connectivity index (χ1) is 15.9. The summed E-state index contributed by atoms with van der Waals surface area (Å²) in [7, 11) is 3.25. The third-order valence-corrected chi connectivity index (χ3v) is 6.45. The Morgan fingerprint density at radius 3 is 2.36 bits per heavy atom. The Bertz CT molecular complexity index is 1300. The number of hydrogen-bond acceptors (Lipinski definition) is 2. The molecule has 4 aromatic rings. The van der Waals surface area contributed by atoms with Gasteiger partial charge in [-0.15, -0.1) is 0 Å². The Balaban J connectivity index is 1.65. The number of para-hydroxylation sites is 2. The van der Waals surface area contributed by atoms with Gasteiger partial charge in [-0.2, -0.15) is 13.2 Å². The van der Waals surface area contributed by atoms with Crippen LogP contribution in [-0.2, 0) is 6.18 Å². The van der Waals surface area contributed by atoms with E-state index in [9.17, 15) is 13.2 Å². The van der Waals surface area contributed by atoms with E-state index in [0.29, 0.717) is 18.0 Å². The first-order valence-electron chi connectivity index (χ1n) is 10.7. The molecule has 3 N–H and O–H groups in total. The van der Waals surface area contributed by atoms with Crippen LogP contribution in [0.4, 0.5) is 13.2 Å². The van der Waals surface area contributed by atoms with Crippen molar-refractivity contribution in [1.82, 2.24) is 4.98 Å². The number of methoxy groups -OCH3 is 2. The summed E-state index contributed by atoms with van der Waals surface area (Å²) < 4.78 is 50.5. The third kappa shape index (κ3) is 3.62. The first-order valence-corrected chi connectivity index (χ1v) is 10.7. The molecule has 0 saturated carbocycles. The highest BCUT2D eigenvalue weighted by Crippen LogP contribution is 2.44. The van der Waals surface area contributed by atoms with E-state index >= 15 is 0 Å². The van der Waals surface area contributed by atoms with Crippen molar-refractivity contribution in [3.8, 4) is 11.5 Å². The van der Waals surface area contributed by atoms with Crippen LogP contribution in [0.5, 0.6) is 11.5 Å². The highest BCUT2D eigenvalue weighted by Gasteiger charge is 2.38. The quantitative estimate of drug-likeness (QED) is 0.457. The predicted octanol–water partition coefficient (Wildman–Crippen LogP) is 5.00. The Hall–Kier alpha value is -3.45. The highest BCUT2D eigenvalue weighted by molar-refractivity contribution is 5.86. The van der Waals surface area contributed by atoms with Crippen LogP contribution in [0.1, 0.15) is 39.9 Å². The van der Waals surface area contributed by atoms with Crippen LogP contribution in [0.15, 0.2) is 66.7 Å². The van der Waals surface area contributed by atoms with Crippen LogP contribution in [0.25, 0.3) is 10.9 Å². The molecule has 4 nitrogen and oxygen atoms in total. The lowest BCUT2D eigenvalue weighted by atomic mass is 9.82. The second-order valence-electron chi connectivity index (χ2n) is 8.20. The molecule has 3 aromatic carbocycles. The molecule has 0 radical (unpaired) electrons. The number of rotatable bonds is 4. The molecular formula is C26H24F3N2O2+. The fourth-order valence-electron chi connectivity index (χ4n) is 4.96. The molecule has 1 aliphatic rings. The van der Waals surface area contributed by atoms with Gasteiger partial charge < -0.3 is 19.8 Å². The standard InChI is InChI=1S/C26H23F3N2O2/c1-32-21-9-5-7-17(25(21)33-2)19-14-30-23(15-10-12-16(13-11-15)26(27,28)29)24-22(19)18-6-3-4-8-20(18)31-24/h3-13,19,23,30-31H,14H2,1-2H3/p+1/t19-,23+/m0/s1. The van der Waals surface area contributed by atoms with Gasteiger partial charge in [0.15, 0.2) is 17.5 Å². The van der Waals surface area contributed by atoms with E-state index < -0.39 is 11.7 Å². The number of quaternary nitrogens is 1. The van der Waals surface area contributed by atoms with Gasteiger partial charge in [0.05, 0.1) is 37.9 Å². The number of H-pyrrole nitrogens is 1. The van der Waals surface area contributed by atoms with Crippen molar-refractivity contribution in [2.24, 2.45) is 0 Å². The number of aromatic amines is 1. The molecule has 1 aromatic heterocycles. The molecular weight excluding hydrogens is 429 g/mol. The number of fused-ring (bicyclic) bond motifs is 3. The molecule has 0 spiro atoms. The Labute approximate surface area is 189 Å². The monoisotopic (exact) mass is 453 g/mol. The lowest BCUT2D eigenvalue weighted by Crippen LogP contribution is -2.88. The summed E-state index contributed by atoms with van der Waals surface area (Å²) in [6.45, 7) is 0.712. The van der Waals surface area contributed by atoms with E-state index in [1.54, 1.807) is 26.4 Å². The van der Waals surface area contributed by atoms with Crippen LogP contribution in [0, 0.1) is 0 Å². The SMILES string of the molecule is COc1cccc([C@@H]2C[NH2+][C@H](c3ccc(C(F)(F)F)cc3)c3[nH]c4ccccc4c32)c1OC. The third-order valence-electron chi connectivity index (χ3n) is 6.45. The highest BCUT2D eigenvalue weighted by atomic mass is 19.4. The molecule has 0 amide bonds. The average Bonchev–Trinajstić information content (AvgIpc) is 3.22. The van der Waals surface area contributed by atoms with Gasteiger partial charge in [-0.1, -0.05) is 42.5 Å². The van der Waals surface area contributed by atoms with E-state index in [-0.39, 0.29) is 12.0 Å². The molecule has 1 aliphatic heterocycles. The minimum atomic E-state index is -4.35. The molecule has 0 unspecified atom stereocenters. The van der Waals surface area contributed by atoms with Gasteiger partial charge >= 0.3 is 6.18 Å². The van der Waals surface area contributed by atoms with Gasteiger partial charge in [-0.05, 0) is 24.3 Å². The topological polar surface area (TPSA) is 50.9 Å². The Kier molecular flexibility index (Phi) is 5.29. The molecule has 0 bridgehead atoms. The van der Waals surface area contributed by atoms with E-state index in [1.807, 2.05) is 36.4 Å². The number of ether oxygens (including phenoxy) is 2. The normalized spacial score (nSPS) is 18.2. The fourth-order valence-corrected chi connectivity index (χ4v) is 4.96. The minimum Gasteiger partial charge on any atom is -0.493 e. The molecule has 170 valence electrons. The summed E-state index contributed by atoms with van der Waals surface area (Å²) >= 11 is 0. The zero-order valence-corrected chi connectivity index (χ0v) is 18.2. The van der Waals surface area contributed by atoms with Crippen molar-refractivity contribution in [3.63, 3.8) is 0 Å². The molecule has 33 heavy (non-hydrogen) atoms. The molecule has 5 rings (SSSR count). The molecule has 2 heterocycles. The van der Waals surface area contributed by atoms with Crippen molar-refractivity contribution in [2.75, 3.05) is 20.8 Å². The number of benzene rings is 3. The first kappa shape index (κ1) is 21.4. The molecule has 2 atom stereocenters. The van der Waals surface area contributed by atoms with Gasteiger partial charge in [0, 0.05) is 27.6 Å². The van der Waals surface area contributed by atoms with Crippen LogP contribution in [-0.4, -0.2) is 25.7 Å². The molecule has 0 saturated heterocycles. The summed E-state index contributed by atoms with van der Waals surface area (Å²) in [5, 5.41) is 3.27. The summed E-state index contributed by atoms with van der Waals surface area (Å²) in [5.74, 6) is 1.38. The second kappa shape index (κ2) is 8.15. The largest absolute Gasteiger partial charge is 0.493 e. The van der Waals surface area contributed by atoms with Crippen molar-refractivity contribution >= 4 is 10.9 Å². The van der Waals surface area contributed by atoms with Crippen molar-refractivity contribution in [3.05, 3.63) is 94.7 Å². The molecule has 0 aliphatic carbocycles. The zero-order valence-electron chi connectivity index (χ0n) is 18.2. The average molecular weight is 453 g/mol. The van der Waals surface area contributed by atoms with Gasteiger partial charge in [-0.25, -0.2) is 0 Å². The summed E-state index contributed by atoms with van der Waals surface area (Å²) in [5.41, 5.74) is 4.35. The fraction of sp³-hybridized carbons (Fsp3) is 0.231. The second-order valence-corrected chi connectivity index (χ2v) is 8.20. The van der Waals surface area contributed by atoms with Crippen molar-refractivity contribution < 1.29 is 28.0 Å². The Morgan fingerprint density at radius 1 is 0.909 bits per heavy atom. The smallest absolute Gasteiger partial charge is 0.416 e. The lowest BCUT2D eigenvalue weighted by Gasteiger charge is -2.29. The Morgan fingerprint density at radius 2 is 1.67 bits per heavy atom. The molecule has 7 heteroatoms. The minimum absolute atomic E-state index is 0.0203. The van der Waals surface area contributed by atoms with Crippen LogP contribution in [0.2, 0.25) is 0 Å². The number of halogens is 3. The molecule has 0 fully saturated rings. The maximum absolute atomic E-state index is 13.1. The number of aromatic nitrogens is 1. The van der Waals surface area contributed by atoms with Crippen molar-refractivity contribution in [1.29, 1.82) is 0 Å². The summed E-state index contributed by atoms with van der Waals surface area (Å²) in [6, 6.07) is 19.3. The van der Waals surface area contributed by atoms with E-state index in [0.717, 1.165) is 45.4 Å². The zero-order chi connectivity index (χ0) is 23.2. The lowest BCUT2D eigenvalue weighted by molar-refractivity contribution is -0.692. The number of alkyl halides is 3. The van der Waals surface area contributed by atoms with Crippen molar-refractivity contribution in [2.45, 2.75) is 18.1 Å².